The number of halogens is 3. The van der Waals surface area contributed by atoms with E-state index in [0.29, 0.717) is 5.92 Å². The van der Waals surface area contributed by atoms with Crippen LogP contribution in [0.25, 0.3) is 0 Å². The van der Waals surface area contributed by atoms with E-state index in [1.807, 2.05) is 6.07 Å². The summed E-state index contributed by atoms with van der Waals surface area (Å²) in [4.78, 5) is 0.0130. The largest absolute Gasteiger partial charge is 0.204 e. The molecule has 0 heterocycles. The molecule has 2 aromatic rings. The molecule has 0 bridgehead atoms. The predicted molar refractivity (Wildman–Crippen MR) is 80.1 cm³/mol. The Hall–Kier alpha value is -1.22. The Labute approximate surface area is 126 Å². The van der Waals surface area contributed by atoms with E-state index < -0.39 is 11.6 Å². The average Bonchev–Trinajstić information content (AvgIpc) is 2.49. The maximum atomic E-state index is 13.4. The van der Waals surface area contributed by atoms with Crippen molar-refractivity contribution in [1.29, 1.82) is 0 Å². The lowest BCUT2D eigenvalue weighted by Crippen LogP contribution is -2.14. The topological polar surface area (TPSA) is 0 Å². The second-order valence-electron chi connectivity index (χ2n) is 5.27. The highest BCUT2D eigenvalue weighted by molar-refractivity contribution is 9.09. The molecule has 3 heteroatoms. The third-order valence-corrected chi connectivity index (χ3v) is 5.20. The maximum absolute atomic E-state index is 13.4. The summed E-state index contributed by atoms with van der Waals surface area (Å²) in [5.41, 5.74) is 3.49. The van der Waals surface area contributed by atoms with Gasteiger partial charge in [0.1, 0.15) is 0 Å². The van der Waals surface area contributed by atoms with Gasteiger partial charge in [-0.25, -0.2) is 8.78 Å². The van der Waals surface area contributed by atoms with Crippen LogP contribution in [0.5, 0.6) is 0 Å². The van der Waals surface area contributed by atoms with Crippen molar-refractivity contribution in [2.24, 2.45) is 0 Å². The SMILES string of the molecule is Fc1ccc(C(Br)C2CCCc3ccccc32)cc1F. The van der Waals surface area contributed by atoms with Gasteiger partial charge in [-0.15, -0.1) is 0 Å². The van der Waals surface area contributed by atoms with Crippen LogP contribution in [0.3, 0.4) is 0 Å². The standard InChI is InChI=1S/C17H15BrF2/c18-17(12-8-9-15(19)16(20)10-12)14-7-3-5-11-4-1-2-6-13(11)14/h1-2,4,6,8-10,14,17H,3,5,7H2. The summed E-state index contributed by atoms with van der Waals surface area (Å²) in [6.45, 7) is 0. The van der Waals surface area contributed by atoms with Gasteiger partial charge >= 0.3 is 0 Å². The Morgan fingerprint density at radius 3 is 2.65 bits per heavy atom. The molecule has 0 aliphatic heterocycles. The molecule has 0 N–H and O–H groups in total. The number of benzene rings is 2. The molecule has 2 aromatic carbocycles. The Bertz CT molecular complexity index is 624. The fourth-order valence-electron chi connectivity index (χ4n) is 3.01. The van der Waals surface area contributed by atoms with Gasteiger partial charge in [0.2, 0.25) is 0 Å². The first-order chi connectivity index (χ1) is 9.66. The van der Waals surface area contributed by atoms with Crippen molar-refractivity contribution in [1.82, 2.24) is 0 Å². The minimum Gasteiger partial charge on any atom is -0.204 e. The third kappa shape index (κ3) is 2.51. The number of hydrogen-bond donors (Lipinski definition) is 0. The van der Waals surface area contributed by atoms with Crippen molar-refractivity contribution in [3.63, 3.8) is 0 Å². The Morgan fingerprint density at radius 1 is 1.05 bits per heavy atom. The molecule has 3 rings (SSSR count). The molecule has 0 saturated heterocycles. The first kappa shape index (κ1) is 13.7. The van der Waals surface area contributed by atoms with Crippen molar-refractivity contribution >= 4 is 15.9 Å². The number of aryl methyl sites for hydroxylation is 1. The normalized spacial score (nSPS) is 19.4. The highest BCUT2D eigenvalue weighted by Crippen LogP contribution is 2.45. The molecule has 2 unspecified atom stereocenters. The zero-order valence-electron chi connectivity index (χ0n) is 11.0. The first-order valence-electron chi connectivity index (χ1n) is 6.83. The first-order valence-corrected chi connectivity index (χ1v) is 7.75. The van der Waals surface area contributed by atoms with Gasteiger partial charge in [0.05, 0.1) is 0 Å². The Morgan fingerprint density at radius 2 is 1.85 bits per heavy atom. The van der Waals surface area contributed by atoms with Crippen LogP contribution in [0.1, 0.15) is 40.3 Å². The molecule has 2 atom stereocenters. The zero-order chi connectivity index (χ0) is 14.1. The molecule has 0 radical (unpaired) electrons. The van der Waals surface area contributed by atoms with Gasteiger partial charge in [-0.3, -0.25) is 0 Å². The maximum Gasteiger partial charge on any atom is 0.159 e. The van der Waals surface area contributed by atoms with Crippen LogP contribution < -0.4 is 0 Å². The van der Waals surface area contributed by atoms with Crippen molar-refractivity contribution in [2.75, 3.05) is 0 Å². The minimum absolute atomic E-state index is 0.0130. The quantitative estimate of drug-likeness (QED) is 0.633. The molecule has 0 saturated carbocycles. The molecule has 0 fully saturated rings. The summed E-state index contributed by atoms with van der Waals surface area (Å²) in [5.74, 6) is -1.27. The van der Waals surface area contributed by atoms with E-state index in [1.54, 1.807) is 6.07 Å². The molecule has 0 amide bonds. The van der Waals surface area contributed by atoms with Crippen molar-refractivity contribution in [3.8, 4) is 0 Å². The third-order valence-electron chi connectivity index (χ3n) is 4.03. The number of fused-ring (bicyclic) bond motifs is 1. The monoisotopic (exact) mass is 336 g/mol. The van der Waals surface area contributed by atoms with Crippen molar-refractivity contribution in [3.05, 3.63) is 70.8 Å². The Kier molecular flexibility index (Phi) is 3.88. The summed E-state index contributed by atoms with van der Waals surface area (Å²) < 4.78 is 26.5. The zero-order valence-corrected chi connectivity index (χ0v) is 12.5. The summed E-state index contributed by atoms with van der Waals surface area (Å²) >= 11 is 3.69. The van der Waals surface area contributed by atoms with Crippen LogP contribution in [-0.4, -0.2) is 0 Å². The molecule has 1 aliphatic rings. The van der Waals surface area contributed by atoms with Crippen LogP contribution in [0.2, 0.25) is 0 Å². The molecular weight excluding hydrogens is 322 g/mol. The molecule has 20 heavy (non-hydrogen) atoms. The molecule has 0 spiro atoms. The Balaban J connectivity index is 1.95. The molecule has 104 valence electrons. The van der Waals surface area contributed by atoms with Gasteiger partial charge in [0.25, 0.3) is 0 Å². The minimum atomic E-state index is -0.794. The lowest BCUT2D eigenvalue weighted by molar-refractivity contribution is 0.502. The second kappa shape index (κ2) is 5.65. The lowest BCUT2D eigenvalue weighted by Gasteiger charge is -2.29. The smallest absolute Gasteiger partial charge is 0.159 e. The second-order valence-corrected chi connectivity index (χ2v) is 6.26. The van der Waals surface area contributed by atoms with E-state index in [9.17, 15) is 8.78 Å². The van der Waals surface area contributed by atoms with E-state index in [-0.39, 0.29) is 4.83 Å². The molecule has 0 nitrogen and oxygen atoms in total. The van der Waals surface area contributed by atoms with Crippen molar-refractivity contribution in [2.45, 2.75) is 30.0 Å². The summed E-state index contributed by atoms with van der Waals surface area (Å²) in [6, 6.07) is 12.6. The summed E-state index contributed by atoms with van der Waals surface area (Å²) in [6.07, 6.45) is 3.30. The van der Waals surface area contributed by atoms with E-state index >= 15 is 0 Å². The summed E-state index contributed by atoms with van der Waals surface area (Å²) in [7, 11) is 0. The van der Waals surface area contributed by atoms with Gasteiger partial charge in [0, 0.05) is 10.7 Å². The van der Waals surface area contributed by atoms with Gasteiger partial charge in [-0.05, 0) is 48.1 Å². The van der Waals surface area contributed by atoms with Crippen LogP contribution in [0, 0.1) is 11.6 Å². The van der Waals surface area contributed by atoms with E-state index in [1.165, 1.54) is 23.3 Å². The predicted octanol–water partition coefficient (Wildman–Crippen LogP) is 5.52. The van der Waals surface area contributed by atoms with E-state index in [4.69, 9.17) is 0 Å². The van der Waals surface area contributed by atoms with E-state index in [2.05, 4.69) is 34.1 Å². The van der Waals surface area contributed by atoms with Crippen LogP contribution in [0.4, 0.5) is 8.78 Å². The van der Waals surface area contributed by atoms with Crippen LogP contribution in [-0.2, 0) is 6.42 Å². The fourth-order valence-corrected chi connectivity index (χ4v) is 3.85. The van der Waals surface area contributed by atoms with Gasteiger partial charge in [0.15, 0.2) is 11.6 Å². The number of rotatable bonds is 2. The van der Waals surface area contributed by atoms with Crippen molar-refractivity contribution < 1.29 is 8.78 Å². The average molecular weight is 337 g/mol. The van der Waals surface area contributed by atoms with Gasteiger partial charge in [-0.2, -0.15) is 0 Å². The summed E-state index contributed by atoms with van der Waals surface area (Å²) in [5, 5.41) is 0. The van der Waals surface area contributed by atoms with Gasteiger partial charge < -0.3 is 0 Å². The van der Waals surface area contributed by atoms with Crippen LogP contribution >= 0.6 is 15.9 Å². The van der Waals surface area contributed by atoms with Gasteiger partial charge in [-0.1, -0.05) is 46.3 Å². The van der Waals surface area contributed by atoms with E-state index in [0.717, 1.165) is 24.8 Å². The highest BCUT2D eigenvalue weighted by Gasteiger charge is 2.27. The fraction of sp³-hybridized carbons (Fsp3) is 0.294. The number of hydrogen-bond acceptors (Lipinski definition) is 0. The highest BCUT2D eigenvalue weighted by atomic mass is 79.9. The molecule has 1 aliphatic carbocycles. The molecular formula is C17H15BrF2. The lowest BCUT2D eigenvalue weighted by atomic mass is 9.79. The number of alkyl halides is 1. The molecule has 0 aromatic heterocycles. The van der Waals surface area contributed by atoms with Crippen LogP contribution in [0.15, 0.2) is 42.5 Å².